The first-order valence-corrected chi connectivity index (χ1v) is 5.94. The van der Waals surface area contributed by atoms with Crippen LogP contribution in [0, 0.1) is 6.92 Å². The Morgan fingerprint density at radius 1 is 1.12 bits per heavy atom. The van der Waals surface area contributed by atoms with E-state index in [4.69, 9.17) is 23.2 Å². The fourth-order valence-electron chi connectivity index (χ4n) is 1.11. The summed E-state index contributed by atoms with van der Waals surface area (Å²) in [5.41, 5.74) is 1.71. The second kappa shape index (κ2) is 4.65. The zero-order valence-electron chi connectivity index (χ0n) is 8.21. The van der Waals surface area contributed by atoms with Gasteiger partial charge in [-0.2, -0.15) is 0 Å². The Morgan fingerprint density at radius 3 is 2.25 bits per heavy atom. The van der Waals surface area contributed by atoms with Crippen LogP contribution in [0.5, 0.6) is 0 Å². The monoisotopic (exact) mass is 317 g/mol. The van der Waals surface area contributed by atoms with E-state index in [1.165, 1.54) is 0 Å². The van der Waals surface area contributed by atoms with Gasteiger partial charge in [-0.05, 0) is 34.5 Å². The maximum atomic E-state index is 5.89. The number of hydrogen-bond acceptors (Lipinski definition) is 3. The van der Waals surface area contributed by atoms with Crippen LogP contribution >= 0.6 is 39.1 Å². The van der Waals surface area contributed by atoms with Crippen LogP contribution in [0.1, 0.15) is 5.56 Å². The molecule has 2 heterocycles. The predicted octanol–water partition coefficient (Wildman–Crippen LogP) is 3.92. The molecular formula is C10H6BrCl2N3. The van der Waals surface area contributed by atoms with Gasteiger partial charge in [0.15, 0.2) is 5.82 Å². The van der Waals surface area contributed by atoms with Crippen LogP contribution in [0.25, 0.3) is 11.5 Å². The third-order valence-electron chi connectivity index (χ3n) is 1.91. The molecular weight excluding hydrogens is 313 g/mol. The van der Waals surface area contributed by atoms with Crippen LogP contribution < -0.4 is 0 Å². The molecule has 0 bridgehead atoms. The highest BCUT2D eigenvalue weighted by Gasteiger charge is 2.10. The average Bonchev–Trinajstić information content (AvgIpc) is 2.26. The zero-order chi connectivity index (χ0) is 11.7. The molecule has 2 rings (SSSR count). The first-order valence-electron chi connectivity index (χ1n) is 4.39. The van der Waals surface area contributed by atoms with Gasteiger partial charge in [-0.1, -0.05) is 29.3 Å². The van der Waals surface area contributed by atoms with E-state index in [0.29, 0.717) is 16.0 Å². The second-order valence-electron chi connectivity index (χ2n) is 3.16. The van der Waals surface area contributed by atoms with E-state index in [9.17, 15) is 0 Å². The molecule has 3 nitrogen and oxygen atoms in total. The molecule has 0 saturated carbocycles. The van der Waals surface area contributed by atoms with E-state index in [1.807, 2.05) is 19.1 Å². The Hall–Kier alpha value is -0.710. The Morgan fingerprint density at radius 2 is 1.75 bits per heavy atom. The van der Waals surface area contributed by atoms with E-state index < -0.39 is 0 Å². The molecule has 82 valence electrons. The summed E-state index contributed by atoms with van der Waals surface area (Å²) in [7, 11) is 0. The van der Waals surface area contributed by atoms with Crippen molar-refractivity contribution in [2.24, 2.45) is 0 Å². The molecule has 0 aliphatic rings. The minimum atomic E-state index is 0.275. The van der Waals surface area contributed by atoms with Crippen molar-refractivity contribution in [1.82, 2.24) is 15.0 Å². The van der Waals surface area contributed by atoms with E-state index in [0.717, 1.165) is 5.56 Å². The molecule has 0 amide bonds. The lowest BCUT2D eigenvalue weighted by Crippen LogP contribution is -1.94. The van der Waals surface area contributed by atoms with Gasteiger partial charge >= 0.3 is 0 Å². The minimum Gasteiger partial charge on any atom is -0.253 e. The number of aryl methyl sites for hydroxylation is 1. The van der Waals surface area contributed by atoms with Gasteiger partial charge in [0.25, 0.3) is 0 Å². The molecule has 0 saturated heterocycles. The molecule has 0 aromatic carbocycles. The molecule has 2 aromatic rings. The van der Waals surface area contributed by atoms with Crippen molar-refractivity contribution < 1.29 is 0 Å². The molecule has 0 aliphatic carbocycles. The van der Waals surface area contributed by atoms with E-state index in [2.05, 4.69) is 30.9 Å². The fourth-order valence-corrected chi connectivity index (χ4v) is 1.67. The number of halogens is 3. The van der Waals surface area contributed by atoms with Gasteiger partial charge in [-0.25, -0.2) is 9.97 Å². The molecule has 0 fully saturated rings. The number of aromatic nitrogens is 3. The summed E-state index contributed by atoms with van der Waals surface area (Å²) in [5, 5.41) is 0.551. The van der Waals surface area contributed by atoms with Crippen molar-refractivity contribution in [3.63, 3.8) is 0 Å². The first-order chi connectivity index (χ1) is 7.58. The summed E-state index contributed by atoms with van der Waals surface area (Å²) >= 11 is 15.0. The Kier molecular flexibility index (Phi) is 3.42. The van der Waals surface area contributed by atoms with Crippen LogP contribution in [-0.4, -0.2) is 15.0 Å². The smallest absolute Gasteiger partial charge is 0.181 e. The van der Waals surface area contributed by atoms with E-state index in [1.54, 1.807) is 6.20 Å². The second-order valence-corrected chi connectivity index (χ2v) is 4.67. The first kappa shape index (κ1) is 11.8. The van der Waals surface area contributed by atoms with Gasteiger partial charge in [-0.15, -0.1) is 0 Å². The molecule has 0 aliphatic heterocycles. The van der Waals surface area contributed by atoms with Gasteiger partial charge < -0.3 is 0 Å². The zero-order valence-corrected chi connectivity index (χ0v) is 11.3. The van der Waals surface area contributed by atoms with Crippen molar-refractivity contribution in [1.29, 1.82) is 0 Å². The lowest BCUT2D eigenvalue weighted by molar-refractivity contribution is 1.12. The normalized spacial score (nSPS) is 10.5. The van der Waals surface area contributed by atoms with Crippen molar-refractivity contribution in [3.8, 4) is 11.5 Å². The maximum absolute atomic E-state index is 5.89. The summed E-state index contributed by atoms with van der Waals surface area (Å²) < 4.78 is 0.492. The van der Waals surface area contributed by atoms with Crippen LogP contribution in [0.3, 0.4) is 0 Å². The van der Waals surface area contributed by atoms with Crippen LogP contribution in [0.4, 0.5) is 0 Å². The molecule has 6 heteroatoms. The number of pyridine rings is 1. The van der Waals surface area contributed by atoms with Gasteiger partial charge in [0.05, 0.1) is 4.47 Å². The third kappa shape index (κ3) is 2.34. The van der Waals surface area contributed by atoms with E-state index >= 15 is 0 Å². The van der Waals surface area contributed by atoms with Crippen molar-refractivity contribution in [2.75, 3.05) is 0 Å². The Balaban J connectivity index is 2.52. The standard InChI is InChI=1S/C10H6BrCl2N3/c1-5-2-3-6(14-4-5)10-15-8(12)7(11)9(13)16-10/h2-4H,1H3. The van der Waals surface area contributed by atoms with Crippen LogP contribution in [-0.2, 0) is 0 Å². The summed E-state index contributed by atoms with van der Waals surface area (Å²) in [5.74, 6) is 0.415. The van der Waals surface area contributed by atoms with Gasteiger partial charge in [0.1, 0.15) is 16.0 Å². The SMILES string of the molecule is Cc1ccc(-c2nc(Cl)c(Br)c(Cl)n2)nc1. The lowest BCUT2D eigenvalue weighted by atomic mass is 10.2. The predicted molar refractivity (Wildman–Crippen MR) is 67.7 cm³/mol. The highest BCUT2D eigenvalue weighted by atomic mass is 79.9. The topological polar surface area (TPSA) is 38.7 Å². The largest absolute Gasteiger partial charge is 0.253 e. The highest BCUT2D eigenvalue weighted by Crippen LogP contribution is 2.29. The minimum absolute atomic E-state index is 0.275. The summed E-state index contributed by atoms with van der Waals surface area (Å²) in [6.07, 6.45) is 1.74. The highest BCUT2D eigenvalue weighted by molar-refractivity contribution is 9.10. The van der Waals surface area contributed by atoms with Crippen LogP contribution in [0.15, 0.2) is 22.8 Å². The third-order valence-corrected chi connectivity index (χ3v) is 3.67. The molecule has 0 N–H and O–H groups in total. The number of hydrogen-bond donors (Lipinski definition) is 0. The van der Waals surface area contributed by atoms with Crippen LogP contribution in [0.2, 0.25) is 10.3 Å². The van der Waals surface area contributed by atoms with Crippen molar-refractivity contribution >= 4 is 39.1 Å². The van der Waals surface area contributed by atoms with E-state index in [-0.39, 0.29) is 10.3 Å². The van der Waals surface area contributed by atoms with Crippen molar-refractivity contribution in [3.05, 3.63) is 38.7 Å². The Labute approximate surface area is 111 Å². The average molecular weight is 319 g/mol. The maximum Gasteiger partial charge on any atom is 0.181 e. The number of nitrogens with zero attached hydrogens (tertiary/aromatic N) is 3. The van der Waals surface area contributed by atoms with Gasteiger partial charge in [0, 0.05) is 6.20 Å². The molecule has 0 unspecified atom stereocenters. The molecule has 16 heavy (non-hydrogen) atoms. The number of rotatable bonds is 1. The molecule has 0 radical (unpaired) electrons. The summed E-state index contributed by atoms with van der Waals surface area (Å²) in [6.45, 7) is 1.96. The lowest BCUT2D eigenvalue weighted by Gasteiger charge is -2.03. The van der Waals surface area contributed by atoms with Crippen molar-refractivity contribution in [2.45, 2.75) is 6.92 Å². The quantitative estimate of drug-likeness (QED) is 0.748. The molecule has 0 spiro atoms. The molecule has 0 atom stereocenters. The fraction of sp³-hybridized carbons (Fsp3) is 0.100. The van der Waals surface area contributed by atoms with Gasteiger partial charge in [0.2, 0.25) is 0 Å². The van der Waals surface area contributed by atoms with Gasteiger partial charge in [-0.3, -0.25) is 4.98 Å². The summed E-state index contributed by atoms with van der Waals surface area (Å²) in [6, 6.07) is 3.75. The molecule has 2 aromatic heterocycles. The summed E-state index contributed by atoms with van der Waals surface area (Å²) in [4.78, 5) is 12.4. The Bertz CT molecular complexity index is 505.